The van der Waals surface area contributed by atoms with Crippen LogP contribution >= 0.6 is 11.3 Å². The van der Waals surface area contributed by atoms with Gasteiger partial charge in [-0.25, -0.2) is 8.42 Å². The number of benzene rings is 3. The minimum atomic E-state index is -3.78. The minimum absolute atomic E-state index is 0.0945. The first kappa shape index (κ1) is 25.7. The number of carbonyl (C=O) groups is 2. The largest absolute Gasteiger partial charge is 0.497 e. The number of carbonyl (C=O) groups excluding carboxylic acids is 2. The van der Waals surface area contributed by atoms with Crippen molar-refractivity contribution < 1.29 is 27.5 Å². The Kier molecular flexibility index (Phi) is 7.04. The van der Waals surface area contributed by atoms with Gasteiger partial charge in [0, 0.05) is 12.1 Å². The van der Waals surface area contributed by atoms with E-state index in [0.29, 0.717) is 34.7 Å². The Labute approximate surface area is 223 Å². The number of esters is 1. The summed E-state index contributed by atoms with van der Waals surface area (Å²) < 4.78 is 40.8. The number of methoxy groups -OCH3 is 1. The van der Waals surface area contributed by atoms with Crippen molar-refractivity contribution >= 4 is 49.1 Å². The van der Waals surface area contributed by atoms with Gasteiger partial charge < -0.3 is 14.0 Å². The molecule has 1 aromatic heterocycles. The molecule has 1 aliphatic heterocycles. The van der Waals surface area contributed by atoms with Crippen LogP contribution in [-0.2, 0) is 32.5 Å². The zero-order valence-electron chi connectivity index (χ0n) is 20.8. The SMILES string of the molecule is CCOC(=O)Cn1c(=NC(=O)c2ccc(S(=O)(=O)N3CCc4ccccc43)cc2)sc2cc(OC)ccc21. The second-order valence-corrected chi connectivity index (χ2v) is 11.4. The summed E-state index contributed by atoms with van der Waals surface area (Å²) in [6.07, 6.45) is 0.650. The molecule has 0 saturated heterocycles. The highest BCUT2D eigenvalue weighted by molar-refractivity contribution is 7.92. The van der Waals surface area contributed by atoms with Crippen molar-refractivity contribution in [2.75, 3.05) is 24.6 Å². The van der Waals surface area contributed by atoms with Crippen molar-refractivity contribution in [1.29, 1.82) is 0 Å². The molecule has 0 spiro atoms. The molecule has 196 valence electrons. The summed E-state index contributed by atoms with van der Waals surface area (Å²) in [6.45, 7) is 2.22. The van der Waals surface area contributed by atoms with Crippen LogP contribution in [0.2, 0.25) is 0 Å². The highest BCUT2D eigenvalue weighted by Gasteiger charge is 2.30. The van der Waals surface area contributed by atoms with Crippen LogP contribution in [0.25, 0.3) is 10.2 Å². The van der Waals surface area contributed by atoms with Gasteiger partial charge in [0.1, 0.15) is 12.3 Å². The number of para-hydroxylation sites is 1. The molecule has 38 heavy (non-hydrogen) atoms. The van der Waals surface area contributed by atoms with E-state index in [2.05, 4.69) is 4.99 Å². The number of thiazole rings is 1. The molecule has 11 heteroatoms. The Bertz CT molecular complexity index is 1700. The van der Waals surface area contributed by atoms with E-state index >= 15 is 0 Å². The number of hydrogen-bond donors (Lipinski definition) is 0. The molecular weight excluding hydrogens is 526 g/mol. The number of sulfonamides is 1. The quantitative estimate of drug-likeness (QED) is 0.324. The van der Waals surface area contributed by atoms with Gasteiger partial charge in [0.25, 0.3) is 15.9 Å². The van der Waals surface area contributed by atoms with Gasteiger partial charge in [-0.3, -0.25) is 13.9 Å². The van der Waals surface area contributed by atoms with E-state index < -0.39 is 21.9 Å². The van der Waals surface area contributed by atoms with Crippen molar-refractivity contribution in [3.63, 3.8) is 0 Å². The van der Waals surface area contributed by atoms with Crippen molar-refractivity contribution in [2.24, 2.45) is 4.99 Å². The van der Waals surface area contributed by atoms with Crippen molar-refractivity contribution in [3.05, 3.63) is 82.7 Å². The van der Waals surface area contributed by atoms with Gasteiger partial charge in [-0.15, -0.1) is 0 Å². The number of aromatic nitrogens is 1. The zero-order valence-corrected chi connectivity index (χ0v) is 22.4. The van der Waals surface area contributed by atoms with Crippen LogP contribution in [0.5, 0.6) is 5.75 Å². The van der Waals surface area contributed by atoms with Gasteiger partial charge in [0.05, 0.1) is 34.5 Å². The van der Waals surface area contributed by atoms with E-state index in [0.717, 1.165) is 10.3 Å². The molecule has 1 aliphatic rings. The third kappa shape index (κ3) is 4.82. The van der Waals surface area contributed by atoms with Gasteiger partial charge in [0.2, 0.25) is 0 Å². The molecule has 5 rings (SSSR count). The lowest BCUT2D eigenvalue weighted by Crippen LogP contribution is -2.29. The molecule has 0 atom stereocenters. The lowest BCUT2D eigenvalue weighted by atomic mass is 10.2. The number of fused-ring (bicyclic) bond motifs is 2. The molecule has 1 amide bonds. The average molecular weight is 552 g/mol. The molecule has 0 N–H and O–H groups in total. The second-order valence-electron chi connectivity index (χ2n) is 8.51. The number of hydrogen-bond acceptors (Lipinski definition) is 7. The van der Waals surface area contributed by atoms with Crippen LogP contribution in [0.3, 0.4) is 0 Å². The second kappa shape index (κ2) is 10.4. The van der Waals surface area contributed by atoms with Crippen LogP contribution in [0.1, 0.15) is 22.8 Å². The molecule has 4 aromatic rings. The third-order valence-corrected chi connectivity index (χ3v) is 9.08. The van der Waals surface area contributed by atoms with E-state index in [1.807, 2.05) is 18.2 Å². The molecular formula is C27H25N3O6S2. The number of amides is 1. The van der Waals surface area contributed by atoms with E-state index in [-0.39, 0.29) is 23.6 Å². The number of ether oxygens (including phenoxy) is 2. The van der Waals surface area contributed by atoms with E-state index in [9.17, 15) is 18.0 Å². The van der Waals surface area contributed by atoms with Gasteiger partial charge in [0.15, 0.2) is 4.80 Å². The summed E-state index contributed by atoms with van der Waals surface area (Å²) in [6, 6.07) is 18.5. The molecule has 0 radical (unpaired) electrons. The Morgan fingerprint density at radius 1 is 1.05 bits per heavy atom. The first-order valence-electron chi connectivity index (χ1n) is 11.9. The van der Waals surface area contributed by atoms with Gasteiger partial charge in [-0.05, 0) is 67.4 Å². The Morgan fingerprint density at radius 2 is 1.82 bits per heavy atom. The van der Waals surface area contributed by atoms with Crippen LogP contribution in [0.15, 0.2) is 76.6 Å². The maximum absolute atomic E-state index is 13.3. The van der Waals surface area contributed by atoms with Crippen molar-refractivity contribution in [3.8, 4) is 5.75 Å². The molecule has 2 heterocycles. The minimum Gasteiger partial charge on any atom is -0.497 e. The van der Waals surface area contributed by atoms with Crippen LogP contribution in [0.4, 0.5) is 5.69 Å². The maximum Gasteiger partial charge on any atom is 0.326 e. The van der Waals surface area contributed by atoms with Crippen LogP contribution < -0.4 is 13.8 Å². The molecule has 0 bridgehead atoms. The maximum atomic E-state index is 13.3. The highest BCUT2D eigenvalue weighted by atomic mass is 32.2. The smallest absolute Gasteiger partial charge is 0.326 e. The predicted molar refractivity (Wildman–Crippen MR) is 144 cm³/mol. The molecule has 0 unspecified atom stereocenters. The average Bonchev–Trinajstić information content (AvgIpc) is 3.50. The summed E-state index contributed by atoms with van der Waals surface area (Å²) in [7, 11) is -2.22. The molecule has 3 aromatic carbocycles. The normalized spacial score (nSPS) is 13.5. The fourth-order valence-electron chi connectivity index (χ4n) is 4.36. The van der Waals surface area contributed by atoms with E-state index in [1.54, 1.807) is 42.9 Å². The lowest BCUT2D eigenvalue weighted by Gasteiger charge is -2.19. The number of anilines is 1. The number of nitrogens with zero attached hydrogens (tertiary/aromatic N) is 3. The van der Waals surface area contributed by atoms with Gasteiger partial charge in [-0.1, -0.05) is 29.5 Å². The fraction of sp³-hybridized carbons (Fsp3) is 0.222. The van der Waals surface area contributed by atoms with Crippen LogP contribution in [-0.4, -0.2) is 45.1 Å². The Balaban J connectivity index is 1.47. The molecule has 0 saturated carbocycles. The topological polar surface area (TPSA) is 107 Å². The van der Waals surface area contributed by atoms with Crippen molar-refractivity contribution in [2.45, 2.75) is 24.8 Å². The van der Waals surface area contributed by atoms with Gasteiger partial charge in [-0.2, -0.15) is 4.99 Å². The highest BCUT2D eigenvalue weighted by Crippen LogP contribution is 2.32. The summed E-state index contributed by atoms with van der Waals surface area (Å²) in [5.41, 5.74) is 2.60. The van der Waals surface area contributed by atoms with Crippen LogP contribution in [0, 0.1) is 0 Å². The third-order valence-electron chi connectivity index (χ3n) is 6.21. The standard InChI is InChI=1S/C27H25N3O6S2/c1-3-36-25(31)17-29-23-13-10-20(35-2)16-24(23)37-27(29)28-26(32)19-8-11-21(12-9-19)38(33,34)30-15-14-18-6-4-5-7-22(18)30/h4-13,16H,3,14-15,17H2,1-2H3. The lowest BCUT2D eigenvalue weighted by molar-refractivity contribution is -0.143. The van der Waals surface area contributed by atoms with Crippen molar-refractivity contribution in [1.82, 2.24) is 4.57 Å². The first-order valence-corrected chi connectivity index (χ1v) is 14.2. The predicted octanol–water partition coefficient (Wildman–Crippen LogP) is 3.77. The zero-order chi connectivity index (χ0) is 26.9. The first-order chi connectivity index (χ1) is 18.3. The molecule has 0 fully saturated rings. The Hall–Kier alpha value is -3.96. The summed E-state index contributed by atoms with van der Waals surface area (Å²) in [4.78, 5) is 30.0. The van der Waals surface area contributed by atoms with E-state index in [1.165, 1.54) is 39.9 Å². The Morgan fingerprint density at radius 3 is 2.55 bits per heavy atom. The fourth-order valence-corrected chi connectivity index (χ4v) is 6.92. The summed E-state index contributed by atoms with van der Waals surface area (Å²) in [5.74, 6) is -0.371. The monoisotopic (exact) mass is 551 g/mol. The number of rotatable bonds is 7. The van der Waals surface area contributed by atoms with E-state index in [4.69, 9.17) is 9.47 Å². The molecule has 0 aliphatic carbocycles. The summed E-state index contributed by atoms with van der Waals surface area (Å²) in [5, 5.41) is 0. The molecule has 9 nitrogen and oxygen atoms in total. The van der Waals surface area contributed by atoms with Gasteiger partial charge >= 0.3 is 5.97 Å². The summed E-state index contributed by atoms with van der Waals surface area (Å²) >= 11 is 1.24.